The molecule has 16 nitrogen and oxygen atoms in total. The molecule has 0 saturated carbocycles. The predicted molar refractivity (Wildman–Crippen MR) is 454 cm³/mol. The van der Waals surface area contributed by atoms with E-state index in [1.165, 1.54) is 128 Å². The quantitative estimate of drug-likeness (QED) is 0.0146. The predicted octanol–water partition coefficient (Wildman–Crippen LogP) is 26.0. The summed E-state index contributed by atoms with van der Waals surface area (Å²) in [6, 6.07) is 0. The van der Waals surface area contributed by atoms with Gasteiger partial charge in [0, 0.05) is 19.3 Å². The summed E-state index contributed by atoms with van der Waals surface area (Å²) in [6.07, 6.45) is 103. The van der Waals surface area contributed by atoms with Crippen LogP contribution in [0.15, 0.2) is 146 Å². The second-order valence-electron chi connectivity index (χ2n) is 28.6. The number of ether oxygens (including phenoxy) is 3. The number of hydrogen-bond donors (Lipinski definition) is 4. The number of unbranched alkanes of at least 4 members (excludes halogenated alkanes) is 34. The molecule has 0 saturated heterocycles. The average molecular weight is 1570 g/mol. The highest BCUT2D eigenvalue weighted by Gasteiger charge is 2.29. The van der Waals surface area contributed by atoms with E-state index in [2.05, 4.69) is 167 Å². The van der Waals surface area contributed by atoms with Crippen molar-refractivity contribution in [3.05, 3.63) is 146 Å². The summed E-state index contributed by atoms with van der Waals surface area (Å²) in [5, 5.41) is 20.7. The maximum Gasteiger partial charge on any atom is 0.472 e. The van der Waals surface area contributed by atoms with Crippen molar-refractivity contribution in [3.8, 4) is 0 Å². The minimum Gasteiger partial charge on any atom is -0.463 e. The molecule has 0 aromatic carbocycles. The van der Waals surface area contributed by atoms with Gasteiger partial charge in [0.15, 0.2) is 6.10 Å². The van der Waals surface area contributed by atoms with E-state index >= 15 is 0 Å². The van der Waals surface area contributed by atoms with Crippen LogP contribution in [-0.4, -0.2) is 95.9 Å². The van der Waals surface area contributed by atoms with Gasteiger partial charge in [0.1, 0.15) is 25.4 Å². The van der Waals surface area contributed by atoms with Crippen molar-refractivity contribution in [3.63, 3.8) is 0 Å². The topological polar surface area (TPSA) is 231 Å². The van der Waals surface area contributed by atoms with Crippen LogP contribution in [0, 0.1) is 0 Å². The third kappa shape index (κ3) is 84.2. The van der Waals surface area contributed by atoms with Gasteiger partial charge in [-0.15, -0.1) is 0 Å². The van der Waals surface area contributed by atoms with Crippen LogP contribution >= 0.6 is 15.6 Å². The fraction of sp³-hybridized carbons (Fsp3) is 0.703. The zero-order valence-electron chi connectivity index (χ0n) is 68.7. The molecule has 0 aliphatic heterocycles. The van der Waals surface area contributed by atoms with Crippen molar-refractivity contribution in [2.24, 2.45) is 0 Å². The Morgan fingerprint density at radius 3 is 0.771 bits per heavy atom. The molecule has 0 amide bonds. The van der Waals surface area contributed by atoms with Crippen LogP contribution in [0.2, 0.25) is 0 Å². The summed E-state index contributed by atoms with van der Waals surface area (Å²) in [4.78, 5) is 58.8. The van der Waals surface area contributed by atoms with Gasteiger partial charge in [-0.05, 0) is 141 Å². The Hall–Kier alpha value is -4.57. The Balaban J connectivity index is 4.46. The normalized spacial score (nSPS) is 14.6. The highest BCUT2D eigenvalue weighted by Crippen LogP contribution is 2.45. The number of allylic oxidation sites excluding steroid dienone is 24. The number of carbonyl (C=O) groups excluding carboxylic acids is 3. The van der Waals surface area contributed by atoms with Crippen LogP contribution < -0.4 is 0 Å². The first-order valence-electron chi connectivity index (χ1n) is 43.1. The van der Waals surface area contributed by atoms with E-state index in [0.717, 1.165) is 167 Å². The summed E-state index contributed by atoms with van der Waals surface area (Å²) < 4.78 is 61.3. The molecule has 0 heterocycles. The molecule has 0 radical (unpaired) electrons. The molecule has 5 atom stereocenters. The number of aliphatic hydroxyl groups is 2. The second kappa shape index (κ2) is 82.9. The first kappa shape index (κ1) is 104. The van der Waals surface area contributed by atoms with Crippen LogP contribution in [0.4, 0.5) is 0 Å². The fourth-order valence-electron chi connectivity index (χ4n) is 11.5. The Morgan fingerprint density at radius 1 is 0.266 bits per heavy atom. The number of aliphatic hydroxyl groups excluding tert-OH is 2. The molecule has 0 bridgehead atoms. The molecule has 0 aliphatic rings. The van der Waals surface area contributed by atoms with Gasteiger partial charge in [-0.1, -0.05) is 340 Å². The molecule has 18 heteroatoms. The molecule has 0 spiro atoms. The van der Waals surface area contributed by atoms with E-state index in [1.807, 2.05) is 0 Å². The first-order chi connectivity index (χ1) is 53.2. The summed E-state index contributed by atoms with van der Waals surface area (Å²) in [5.41, 5.74) is 0. The maximum atomic E-state index is 13.0. The highest BCUT2D eigenvalue weighted by atomic mass is 31.2. The SMILES string of the molecule is CC/C=C\C/C=C\C/C=C\C/C=C\C/C=C\CCCCCCCC(=O)OCC(COP(=O)(O)OCC(O)COP(=O)(O)OCC(O)COC(=O)CCCCCCCCCCCCCCCCCCCCC/C=C\C/C=C\C/C=C\C/C=C\CCCCC)OC(=O)CCCCCCCCC/C=C\C/C=C\C/C=C\CC. The van der Waals surface area contributed by atoms with Gasteiger partial charge in [0.05, 0.1) is 26.4 Å². The highest BCUT2D eigenvalue weighted by molar-refractivity contribution is 7.47. The maximum absolute atomic E-state index is 13.0. The van der Waals surface area contributed by atoms with Gasteiger partial charge in [0.25, 0.3) is 0 Å². The monoisotopic (exact) mass is 1570 g/mol. The lowest BCUT2D eigenvalue weighted by Crippen LogP contribution is -2.30. The van der Waals surface area contributed by atoms with E-state index in [4.69, 9.17) is 32.3 Å². The van der Waals surface area contributed by atoms with Gasteiger partial charge in [-0.25, -0.2) is 9.13 Å². The first-order valence-corrected chi connectivity index (χ1v) is 46.1. The summed E-state index contributed by atoms with van der Waals surface area (Å²) in [5.74, 6) is -1.60. The van der Waals surface area contributed by atoms with Crippen LogP contribution in [0.3, 0.4) is 0 Å². The summed E-state index contributed by atoms with van der Waals surface area (Å²) >= 11 is 0. The molecular weight excluding hydrogens is 1410 g/mol. The summed E-state index contributed by atoms with van der Waals surface area (Å²) in [7, 11) is -9.81. The number of carbonyl (C=O) groups is 3. The number of esters is 3. The molecule has 0 rings (SSSR count). The lowest BCUT2D eigenvalue weighted by atomic mass is 10.0. The number of phosphoric acid groups is 2. The lowest BCUT2D eigenvalue weighted by molar-refractivity contribution is -0.161. The van der Waals surface area contributed by atoms with Crippen LogP contribution in [0.1, 0.15) is 355 Å². The van der Waals surface area contributed by atoms with Gasteiger partial charge < -0.3 is 34.2 Å². The Labute approximate surface area is 664 Å². The lowest BCUT2D eigenvalue weighted by Gasteiger charge is -2.21. The smallest absolute Gasteiger partial charge is 0.463 e. The van der Waals surface area contributed by atoms with Gasteiger partial charge in [-0.3, -0.25) is 32.5 Å². The molecule has 109 heavy (non-hydrogen) atoms. The van der Waals surface area contributed by atoms with Gasteiger partial charge in [0.2, 0.25) is 0 Å². The average Bonchev–Trinajstić information content (AvgIpc) is 0.903. The van der Waals surface area contributed by atoms with E-state index in [0.29, 0.717) is 19.3 Å². The number of hydrogen-bond acceptors (Lipinski definition) is 14. The van der Waals surface area contributed by atoms with Gasteiger partial charge in [-0.2, -0.15) is 0 Å². The molecule has 0 fully saturated rings. The second-order valence-corrected chi connectivity index (χ2v) is 31.5. The summed E-state index contributed by atoms with van der Waals surface area (Å²) in [6.45, 7) is 2.42. The van der Waals surface area contributed by atoms with Crippen LogP contribution in [0.25, 0.3) is 0 Å². The van der Waals surface area contributed by atoms with Crippen molar-refractivity contribution in [2.45, 2.75) is 373 Å². The van der Waals surface area contributed by atoms with Crippen LogP contribution in [-0.2, 0) is 55.8 Å². The largest absolute Gasteiger partial charge is 0.472 e. The zero-order chi connectivity index (χ0) is 79.4. The van der Waals surface area contributed by atoms with Crippen molar-refractivity contribution in [2.75, 3.05) is 39.6 Å². The third-order valence-electron chi connectivity index (χ3n) is 18.0. The van der Waals surface area contributed by atoms with Crippen molar-refractivity contribution >= 4 is 33.6 Å². The van der Waals surface area contributed by atoms with E-state index < -0.39 is 91.5 Å². The standard InChI is InChI=1S/C91H156O16P2/c1-4-7-10-13-16-19-22-25-28-31-33-35-36-37-38-39-40-41-42-43-44-45-46-47-48-50-52-54-56-59-62-65-68-71-74-77-89(94)101-80-86(92)81-103-108(97,98)104-82-87(93)83-105-109(99,100)106-85-88(107-91(96)79-76-73-70-67-64-61-58-53-30-27-24-21-18-15-12-9-6-3)84-102-90(95)78-75-72-69-66-63-60-57-55-51-49-34-32-29-26-23-20-17-14-11-8-5-2/h8-9,11-12,16-21,25-30,33-35,37-38,49,55,57,86-88,92-93H,4-7,10,13-15,22-24,31-32,36,39-48,50-54,56,58-85H2,1-3H3,(H,97,98)(H,99,100)/b11-8-,12-9-,19-16-,20-17-,21-18-,28-25-,29-26-,30-27-,35-33-,38-37-,49-34-,57-55-. The fourth-order valence-corrected chi connectivity index (χ4v) is 13.1. The molecule has 0 aromatic heterocycles. The van der Waals surface area contributed by atoms with Gasteiger partial charge >= 0.3 is 33.6 Å². The molecular formula is C91H156O16P2. The molecule has 4 N–H and O–H groups in total. The van der Waals surface area contributed by atoms with E-state index in [-0.39, 0.29) is 19.3 Å². The van der Waals surface area contributed by atoms with Crippen molar-refractivity contribution in [1.82, 2.24) is 0 Å². The third-order valence-corrected chi connectivity index (χ3v) is 19.9. The van der Waals surface area contributed by atoms with E-state index in [9.17, 15) is 43.5 Å². The Kier molecular flexibility index (Phi) is 79.4. The minimum absolute atomic E-state index is 0.0852. The minimum atomic E-state index is -4.94. The van der Waals surface area contributed by atoms with Crippen LogP contribution in [0.5, 0.6) is 0 Å². The zero-order valence-corrected chi connectivity index (χ0v) is 70.5. The molecule has 0 aliphatic carbocycles. The van der Waals surface area contributed by atoms with E-state index in [1.54, 1.807) is 0 Å². The van der Waals surface area contributed by atoms with Crippen molar-refractivity contribution < 1.29 is 75.8 Å². The number of rotatable bonds is 81. The molecule has 5 unspecified atom stereocenters. The molecule has 626 valence electrons. The number of phosphoric ester groups is 2. The Bertz CT molecular complexity index is 2560. The van der Waals surface area contributed by atoms with Crippen molar-refractivity contribution in [1.29, 1.82) is 0 Å². The Morgan fingerprint density at radius 2 is 0.486 bits per heavy atom. The molecule has 0 aromatic rings.